The molecule has 5 atom stereocenters. The summed E-state index contributed by atoms with van der Waals surface area (Å²) >= 11 is 0. The van der Waals surface area contributed by atoms with Crippen LogP contribution in [0.1, 0.15) is 46.0 Å². The van der Waals surface area contributed by atoms with E-state index in [2.05, 4.69) is 0 Å². The molecule has 0 aromatic carbocycles. The summed E-state index contributed by atoms with van der Waals surface area (Å²) in [5.41, 5.74) is -1.20. The molecule has 1 aliphatic carbocycles. The third-order valence-electron chi connectivity index (χ3n) is 5.81. The van der Waals surface area contributed by atoms with Gasteiger partial charge in [-0.05, 0) is 26.7 Å². The number of hydrogen-bond donors (Lipinski definition) is 1. The van der Waals surface area contributed by atoms with Gasteiger partial charge in [0, 0.05) is 18.8 Å². The maximum absolute atomic E-state index is 13.1. The highest BCUT2D eigenvalue weighted by atomic mass is 16.6. The smallest absolute Gasteiger partial charge is 0.110 e. The van der Waals surface area contributed by atoms with Crippen LogP contribution in [-0.4, -0.2) is 46.7 Å². The van der Waals surface area contributed by atoms with Gasteiger partial charge < -0.3 is 19.7 Å². The van der Waals surface area contributed by atoms with Crippen LogP contribution in [0.15, 0.2) is 0 Å². The Labute approximate surface area is 109 Å². The van der Waals surface area contributed by atoms with Gasteiger partial charge in [0.1, 0.15) is 11.7 Å². The average molecular weight is 255 g/mol. The molecule has 0 spiro atoms. The van der Waals surface area contributed by atoms with Crippen molar-refractivity contribution in [1.29, 1.82) is 0 Å². The Morgan fingerprint density at radius 2 is 1.89 bits per heavy atom. The molecule has 2 heterocycles. The van der Waals surface area contributed by atoms with Gasteiger partial charge >= 0.3 is 0 Å². The van der Waals surface area contributed by atoms with Crippen LogP contribution >= 0.6 is 0 Å². The van der Waals surface area contributed by atoms with Gasteiger partial charge in [-0.2, -0.15) is 0 Å². The van der Waals surface area contributed by atoms with E-state index in [1.165, 1.54) is 0 Å². The molecule has 1 N–H and O–H groups in total. The summed E-state index contributed by atoms with van der Waals surface area (Å²) in [7, 11) is 1.80. The number of piperidine rings is 1. The summed E-state index contributed by atoms with van der Waals surface area (Å²) in [6, 6.07) is 0.0386. The van der Waals surface area contributed by atoms with Crippen molar-refractivity contribution >= 4 is 0 Å². The van der Waals surface area contributed by atoms with E-state index in [9.17, 15) is 10.3 Å². The van der Waals surface area contributed by atoms with Gasteiger partial charge in [-0.25, -0.2) is 0 Å². The van der Waals surface area contributed by atoms with Crippen LogP contribution in [0.5, 0.6) is 0 Å². The second-order valence-corrected chi connectivity index (χ2v) is 7.25. The van der Waals surface area contributed by atoms with Crippen LogP contribution in [0.2, 0.25) is 0 Å². The molecule has 5 unspecified atom stereocenters. The lowest BCUT2D eigenvalue weighted by Gasteiger charge is -2.66. The molecule has 0 radical (unpaired) electrons. The molecule has 3 fully saturated rings. The van der Waals surface area contributed by atoms with Gasteiger partial charge in [0.2, 0.25) is 0 Å². The molecule has 0 aromatic heterocycles. The predicted molar refractivity (Wildman–Crippen MR) is 68.7 cm³/mol. The van der Waals surface area contributed by atoms with Crippen molar-refractivity contribution < 1.29 is 14.5 Å². The molecule has 1 saturated carbocycles. The van der Waals surface area contributed by atoms with Crippen LogP contribution in [0, 0.1) is 11.1 Å². The summed E-state index contributed by atoms with van der Waals surface area (Å²) in [4.78, 5) is 0. The lowest BCUT2D eigenvalue weighted by molar-refractivity contribution is -0.948. The molecule has 3 aliphatic rings. The number of hydroxylamine groups is 3. The molecular formula is C14H25NO3. The lowest BCUT2D eigenvalue weighted by Crippen LogP contribution is -2.74. The van der Waals surface area contributed by atoms with Gasteiger partial charge in [0.05, 0.1) is 25.2 Å². The highest BCUT2D eigenvalue weighted by molar-refractivity contribution is 5.08. The van der Waals surface area contributed by atoms with Crippen LogP contribution < -0.4 is 0 Å². The maximum Gasteiger partial charge on any atom is 0.110 e. The predicted octanol–water partition coefficient (Wildman–Crippen LogP) is 1.80. The number of hydrogen-bond acceptors (Lipinski definition) is 3. The van der Waals surface area contributed by atoms with Crippen molar-refractivity contribution in [2.24, 2.45) is 5.92 Å². The van der Waals surface area contributed by atoms with E-state index in [0.29, 0.717) is 13.0 Å². The number of fused-ring (bicyclic) bond motifs is 1. The number of quaternary nitrogens is 1. The Balaban J connectivity index is 1.99. The number of aliphatic hydroxyl groups is 1. The van der Waals surface area contributed by atoms with E-state index in [1.54, 1.807) is 7.05 Å². The number of rotatable bonds is 1. The van der Waals surface area contributed by atoms with Crippen LogP contribution in [-0.2, 0) is 4.74 Å². The number of likely N-dealkylation sites (tertiary alicyclic amines) is 1. The monoisotopic (exact) mass is 255 g/mol. The Morgan fingerprint density at radius 3 is 2.50 bits per heavy atom. The largest absolute Gasteiger partial charge is 0.632 e. The second kappa shape index (κ2) is 3.69. The first-order chi connectivity index (χ1) is 8.29. The minimum Gasteiger partial charge on any atom is -0.632 e. The molecule has 4 heteroatoms. The van der Waals surface area contributed by atoms with Crippen molar-refractivity contribution in [2.75, 3.05) is 13.7 Å². The topological polar surface area (TPSA) is 55.8 Å². The Kier molecular flexibility index (Phi) is 2.63. The van der Waals surface area contributed by atoms with Gasteiger partial charge in [0.15, 0.2) is 0 Å². The Hall–Kier alpha value is -0.160. The highest BCUT2D eigenvalue weighted by Gasteiger charge is 2.64. The molecule has 104 valence electrons. The quantitative estimate of drug-likeness (QED) is 0.441. The van der Waals surface area contributed by atoms with E-state index >= 15 is 0 Å². The van der Waals surface area contributed by atoms with E-state index in [1.807, 2.05) is 13.8 Å². The first-order valence-electron chi connectivity index (χ1n) is 7.20. The minimum absolute atomic E-state index is 0.0253. The van der Waals surface area contributed by atoms with E-state index in [4.69, 9.17) is 4.74 Å². The third kappa shape index (κ3) is 1.59. The zero-order chi connectivity index (χ0) is 13.2. The lowest BCUT2D eigenvalue weighted by atomic mass is 9.62. The normalized spacial score (nSPS) is 54.8. The summed E-state index contributed by atoms with van der Waals surface area (Å²) in [5, 5.41) is 24.2. The van der Waals surface area contributed by atoms with Crippen LogP contribution in [0.4, 0.5) is 0 Å². The highest BCUT2D eigenvalue weighted by Crippen LogP contribution is 2.53. The first kappa shape index (κ1) is 12.9. The molecule has 2 saturated heterocycles. The van der Waals surface area contributed by atoms with Crippen molar-refractivity contribution in [2.45, 2.75) is 69.2 Å². The van der Waals surface area contributed by atoms with Gasteiger partial charge in [-0.1, -0.05) is 6.42 Å². The molecular weight excluding hydrogens is 230 g/mol. The standard InChI is InChI=1S/C14H25NO3/c1-13(2)9-14(16,12-8-18-12)10-6-4-5-7-11(10)15(13,3)17/h10-12,16H,4-9H2,1-3H3. The molecule has 0 amide bonds. The number of ether oxygens (including phenoxy) is 1. The number of epoxide rings is 1. The van der Waals surface area contributed by atoms with Crippen LogP contribution in [0.3, 0.4) is 0 Å². The van der Waals surface area contributed by atoms with Gasteiger partial charge in [0.25, 0.3) is 0 Å². The fraction of sp³-hybridized carbons (Fsp3) is 1.00. The molecule has 0 bridgehead atoms. The second-order valence-electron chi connectivity index (χ2n) is 7.25. The molecule has 4 nitrogen and oxygen atoms in total. The summed E-state index contributed by atoms with van der Waals surface area (Å²) < 4.78 is 5.20. The summed E-state index contributed by atoms with van der Waals surface area (Å²) in [6.07, 6.45) is 4.72. The number of nitrogens with zero attached hydrogens (tertiary/aromatic N) is 1. The average Bonchev–Trinajstić information content (AvgIpc) is 3.10. The van der Waals surface area contributed by atoms with Crippen molar-refractivity contribution in [3.63, 3.8) is 0 Å². The summed E-state index contributed by atoms with van der Waals surface area (Å²) in [5.74, 6) is 0.120. The SMILES string of the molecule is CC1(C)CC(O)(C2CO2)C2CCCCC2[N+]1(C)[O-]. The van der Waals surface area contributed by atoms with E-state index in [-0.39, 0.29) is 22.7 Å². The molecule has 2 aliphatic heterocycles. The molecule has 18 heavy (non-hydrogen) atoms. The summed E-state index contributed by atoms with van der Waals surface area (Å²) in [6.45, 7) is 4.66. The van der Waals surface area contributed by atoms with Crippen molar-refractivity contribution in [3.8, 4) is 0 Å². The van der Waals surface area contributed by atoms with Crippen molar-refractivity contribution in [1.82, 2.24) is 0 Å². The van der Waals surface area contributed by atoms with Gasteiger partial charge in [-0.15, -0.1) is 0 Å². The maximum atomic E-state index is 13.1. The first-order valence-corrected chi connectivity index (χ1v) is 7.20. The molecule has 3 rings (SSSR count). The van der Waals surface area contributed by atoms with Crippen molar-refractivity contribution in [3.05, 3.63) is 5.21 Å². The van der Waals surface area contributed by atoms with E-state index in [0.717, 1.165) is 25.7 Å². The van der Waals surface area contributed by atoms with Crippen LogP contribution in [0.25, 0.3) is 0 Å². The minimum atomic E-state index is -0.767. The van der Waals surface area contributed by atoms with E-state index < -0.39 is 11.1 Å². The van der Waals surface area contributed by atoms with Gasteiger partial charge in [-0.3, -0.25) is 0 Å². The third-order valence-corrected chi connectivity index (χ3v) is 5.81. The Morgan fingerprint density at radius 1 is 1.28 bits per heavy atom. The molecule has 0 aromatic rings. The zero-order valence-electron chi connectivity index (χ0n) is 11.7. The fourth-order valence-corrected chi connectivity index (χ4v) is 4.40. The Bertz CT molecular complexity index is 345. The zero-order valence-corrected chi connectivity index (χ0v) is 11.7. The fourth-order valence-electron chi connectivity index (χ4n) is 4.40.